The summed E-state index contributed by atoms with van der Waals surface area (Å²) in [5.74, 6) is -0.322. The third-order valence-electron chi connectivity index (χ3n) is 7.70. The maximum Gasteiger partial charge on any atom is 0.459 e. The van der Waals surface area contributed by atoms with Gasteiger partial charge in [0.05, 0.1) is 12.9 Å². The minimum Gasteiger partial charge on any atom is -0.460 e. The van der Waals surface area contributed by atoms with Crippen molar-refractivity contribution in [2.24, 2.45) is 0 Å². The van der Waals surface area contributed by atoms with E-state index < -0.39 is 50.4 Å². The van der Waals surface area contributed by atoms with E-state index in [1.165, 1.54) is 31.1 Å². The standard InChI is InChI=1S/C31H33N6O8P/c1-19(29(39)42-15-20-9-4-3-5-10-20)36-46(41,45-23-14-8-12-21-11-6-7-13-22(21)23)43-16-24-26(38)31(2,40)30(44-24)37-18-35-25-27(32)33-17-34-28(25)37/h3-14,17-19,24,26,30,38,40H,15-16H2,1-2H3,(H,36,41)(H2,32,33,34)/t19-,24+,26?,30+,31-,46?/m0/s1. The first kappa shape index (κ1) is 31.5. The Hall–Kier alpha value is -4.43. The van der Waals surface area contributed by atoms with Crippen LogP contribution in [0, 0.1) is 0 Å². The van der Waals surface area contributed by atoms with E-state index in [1.807, 2.05) is 48.5 Å². The number of nitrogens with zero attached hydrogens (tertiary/aromatic N) is 4. The lowest BCUT2D eigenvalue weighted by Crippen LogP contribution is -2.44. The van der Waals surface area contributed by atoms with Crippen LogP contribution in [-0.4, -0.2) is 66.2 Å². The topological polar surface area (TPSA) is 193 Å². The number of aliphatic hydroxyl groups excluding tert-OH is 1. The number of aromatic nitrogens is 4. The van der Waals surface area contributed by atoms with E-state index in [9.17, 15) is 19.6 Å². The molecule has 14 nitrogen and oxygen atoms in total. The third kappa shape index (κ3) is 6.31. The smallest absolute Gasteiger partial charge is 0.459 e. The average molecular weight is 649 g/mol. The molecule has 0 spiro atoms. The SMILES string of the molecule is C[C@H](NP(=O)(OC[C@H]1O[C@@H](n2cnc3c(N)ncnc32)[C@@](C)(O)C1O)Oc1cccc2ccccc12)C(=O)OCc1ccccc1. The molecule has 2 aromatic heterocycles. The molecule has 5 aromatic rings. The summed E-state index contributed by atoms with van der Waals surface area (Å²) < 4.78 is 39.1. The zero-order valence-corrected chi connectivity index (χ0v) is 25.9. The predicted molar refractivity (Wildman–Crippen MR) is 167 cm³/mol. The van der Waals surface area contributed by atoms with E-state index in [2.05, 4.69) is 20.0 Å². The summed E-state index contributed by atoms with van der Waals surface area (Å²) in [6, 6.07) is 20.5. The van der Waals surface area contributed by atoms with Gasteiger partial charge in [-0.25, -0.2) is 19.5 Å². The van der Waals surface area contributed by atoms with Crippen LogP contribution >= 0.6 is 7.75 Å². The van der Waals surface area contributed by atoms with Crippen molar-refractivity contribution in [2.75, 3.05) is 12.3 Å². The van der Waals surface area contributed by atoms with Crippen LogP contribution in [0.1, 0.15) is 25.6 Å². The number of nitrogens with two attached hydrogens (primary N) is 1. The highest BCUT2D eigenvalue weighted by Crippen LogP contribution is 2.48. The Kier molecular flexibility index (Phi) is 8.75. The number of nitrogen functional groups attached to an aromatic ring is 1. The minimum atomic E-state index is -4.38. The molecule has 2 unspecified atom stereocenters. The van der Waals surface area contributed by atoms with Gasteiger partial charge in [0, 0.05) is 5.39 Å². The van der Waals surface area contributed by atoms with Crippen molar-refractivity contribution in [1.29, 1.82) is 0 Å². The molecule has 3 heterocycles. The Bertz CT molecular complexity index is 1900. The fourth-order valence-corrected chi connectivity index (χ4v) is 6.75. The Morgan fingerprint density at radius 3 is 2.65 bits per heavy atom. The van der Waals surface area contributed by atoms with Crippen LogP contribution in [-0.2, 0) is 30.0 Å². The molecule has 0 amide bonds. The monoisotopic (exact) mass is 648 g/mol. The number of esters is 1. The normalized spacial score (nSPS) is 23.3. The number of rotatable bonds is 11. The predicted octanol–water partition coefficient (Wildman–Crippen LogP) is 3.50. The number of nitrogens with one attached hydrogen (secondary N) is 1. The summed E-state index contributed by atoms with van der Waals surface area (Å²) in [6.45, 7) is 2.36. The number of benzene rings is 3. The van der Waals surface area contributed by atoms with Crippen LogP contribution in [0.25, 0.3) is 21.9 Å². The molecular formula is C31H33N6O8P. The third-order valence-corrected chi connectivity index (χ3v) is 9.33. The van der Waals surface area contributed by atoms with Crippen LogP contribution in [0.15, 0.2) is 85.5 Å². The zero-order chi connectivity index (χ0) is 32.5. The van der Waals surface area contributed by atoms with E-state index in [0.29, 0.717) is 10.9 Å². The molecule has 0 aliphatic carbocycles. The first-order chi connectivity index (χ1) is 22.1. The molecule has 6 rings (SSSR count). The molecule has 5 N–H and O–H groups in total. The van der Waals surface area contributed by atoms with Crippen molar-refractivity contribution in [1.82, 2.24) is 24.6 Å². The number of ether oxygens (including phenoxy) is 2. The van der Waals surface area contributed by atoms with Gasteiger partial charge in [0.15, 0.2) is 17.7 Å². The molecule has 1 fully saturated rings. The molecule has 0 bridgehead atoms. The lowest BCUT2D eigenvalue weighted by molar-refractivity contribution is -0.146. The van der Waals surface area contributed by atoms with Crippen LogP contribution in [0.3, 0.4) is 0 Å². The first-order valence-electron chi connectivity index (χ1n) is 14.4. The molecule has 15 heteroatoms. The van der Waals surface area contributed by atoms with Crippen molar-refractivity contribution in [2.45, 2.75) is 50.5 Å². The minimum absolute atomic E-state index is 0.0130. The van der Waals surface area contributed by atoms with Crippen molar-refractivity contribution in [3.63, 3.8) is 0 Å². The van der Waals surface area contributed by atoms with Gasteiger partial charge in [-0.15, -0.1) is 0 Å². The number of anilines is 1. The summed E-state index contributed by atoms with van der Waals surface area (Å²) in [5, 5.41) is 26.6. The molecule has 3 aromatic carbocycles. The number of carbonyl (C=O) groups is 1. The Balaban J connectivity index is 1.23. The van der Waals surface area contributed by atoms with Gasteiger partial charge in [-0.1, -0.05) is 66.7 Å². The van der Waals surface area contributed by atoms with Crippen LogP contribution < -0.4 is 15.3 Å². The van der Waals surface area contributed by atoms with E-state index >= 15 is 0 Å². The van der Waals surface area contributed by atoms with Crippen molar-refractivity contribution >= 4 is 41.5 Å². The number of hydrogen-bond acceptors (Lipinski definition) is 12. The fourth-order valence-electron chi connectivity index (χ4n) is 5.23. The summed E-state index contributed by atoms with van der Waals surface area (Å²) in [4.78, 5) is 25.2. The molecule has 1 aliphatic rings. The van der Waals surface area contributed by atoms with Crippen LogP contribution in [0.5, 0.6) is 5.75 Å². The number of imidazole rings is 1. The Labute approximate surface area is 263 Å². The van der Waals surface area contributed by atoms with Gasteiger partial charge in [-0.3, -0.25) is 13.9 Å². The fraction of sp³-hybridized carbons (Fsp3) is 0.290. The van der Waals surface area contributed by atoms with E-state index in [0.717, 1.165) is 10.9 Å². The van der Waals surface area contributed by atoms with E-state index in [4.69, 9.17) is 24.3 Å². The lowest BCUT2D eigenvalue weighted by Gasteiger charge is -2.27. The lowest BCUT2D eigenvalue weighted by atomic mass is 9.96. The summed E-state index contributed by atoms with van der Waals surface area (Å²) >= 11 is 0. The summed E-state index contributed by atoms with van der Waals surface area (Å²) in [5.41, 5.74) is 5.40. The molecular weight excluding hydrogens is 615 g/mol. The van der Waals surface area contributed by atoms with Crippen LogP contribution in [0.2, 0.25) is 0 Å². The van der Waals surface area contributed by atoms with Gasteiger partial charge >= 0.3 is 13.7 Å². The van der Waals surface area contributed by atoms with Gasteiger partial charge in [0.25, 0.3) is 0 Å². The molecule has 1 saturated heterocycles. The molecule has 0 radical (unpaired) electrons. The molecule has 0 saturated carbocycles. The van der Waals surface area contributed by atoms with E-state index in [1.54, 1.807) is 24.3 Å². The van der Waals surface area contributed by atoms with E-state index in [-0.39, 0.29) is 23.8 Å². The number of hydrogen-bond donors (Lipinski definition) is 4. The largest absolute Gasteiger partial charge is 0.460 e. The van der Waals surface area contributed by atoms with Crippen molar-refractivity contribution in [3.8, 4) is 5.75 Å². The second-order valence-electron chi connectivity index (χ2n) is 11.1. The Morgan fingerprint density at radius 1 is 1.11 bits per heavy atom. The van der Waals surface area contributed by atoms with Gasteiger partial charge in [0.1, 0.15) is 48.1 Å². The molecule has 6 atom stereocenters. The van der Waals surface area contributed by atoms with Gasteiger partial charge in [-0.05, 0) is 30.9 Å². The summed E-state index contributed by atoms with van der Waals surface area (Å²) in [6.07, 6.45) is -1.26. The summed E-state index contributed by atoms with van der Waals surface area (Å²) in [7, 11) is -4.38. The highest BCUT2D eigenvalue weighted by Gasteiger charge is 2.54. The number of aliphatic hydroxyl groups is 2. The first-order valence-corrected chi connectivity index (χ1v) is 16.0. The molecule has 240 valence electrons. The Morgan fingerprint density at radius 2 is 1.85 bits per heavy atom. The van der Waals surface area contributed by atoms with Gasteiger partial charge in [-0.2, -0.15) is 5.09 Å². The van der Waals surface area contributed by atoms with Gasteiger partial charge < -0.3 is 29.9 Å². The quantitative estimate of drug-likeness (QED) is 0.120. The second-order valence-corrected chi connectivity index (χ2v) is 12.8. The van der Waals surface area contributed by atoms with Gasteiger partial charge in [0.2, 0.25) is 0 Å². The van der Waals surface area contributed by atoms with Crippen molar-refractivity contribution in [3.05, 3.63) is 91.0 Å². The van der Waals surface area contributed by atoms with Crippen molar-refractivity contribution < 1.29 is 38.1 Å². The molecule has 1 aliphatic heterocycles. The maximum atomic E-state index is 14.4. The highest BCUT2D eigenvalue weighted by molar-refractivity contribution is 7.52. The molecule has 46 heavy (non-hydrogen) atoms. The van der Waals surface area contributed by atoms with Crippen LogP contribution in [0.4, 0.5) is 5.82 Å². The number of fused-ring (bicyclic) bond motifs is 2. The number of carbonyl (C=O) groups excluding carboxylic acids is 1. The second kappa shape index (κ2) is 12.8. The average Bonchev–Trinajstić information content (AvgIpc) is 3.57. The highest BCUT2D eigenvalue weighted by atomic mass is 31.2. The zero-order valence-electron chi connectivity index (χ0n) is 25.0. The maximum absolute atomic E-state index is 14.4.